The first-order valence-electron chi connectivity index (χ1n) is 9.75. The predicted octanol–water partition coefficient (Wildman–Crippen LogP) is 4.98. The van der Waals surface area contributed by atoms with Crippen molar-refractivity contribution in [2.24, 2.45) is 0 Å². The van der Waals surface area contributed by atoms with E-state index >= 15 is 0 Å². The summed E-state index contributed by atoms with van der Waals surface area (Å²) in [5.41, 5.74) is 0. The van der Waals surface area contributed by atoms with Crippen LogP contribution >= 0.6 is 0 Å². The van der Waals surface area contributed by atoms with Crippen molar-refractivity contribution in [3.8, 4) is 0 Å². The number of hydrogen-bond acceptors (Lipinski definition) is 4. The molecule has 0 aromatic rings. The molecule has 0 aromatic heterocycles. The van der Waals surface area contributed by atoms with Gasteiger partial charge in [-0.2, -0.15) is 0 Å². The molecule has 0 bridgehead atoms. The first-order chi connectivity index (χ1) is 11.7. The molecule has 1 atom stereocenters. The highest BCUT2D eigenvalue weighted by Crippen LogP contribution is 2.06. The number of rotatable bonds is 15. The number of esters is 1. The Labute approximate surface area is 147 Å². The monoisotopic (exact) mass is 343 g/mol. The molecule has 0 saturated heterocycles. The maximum atomic E-state index is 12.0. The van der Waals surface area contributed by atoms with Gasteiger partial charge in [-0.15, -0.1) is 0 Å². The van der Waals surface area contributed by atoms with Crippen LogP contribution in [-0.4, -0.2) is 31.3 Å². The Hall–Kier alpha value is -1.26. The van der Waals surface area contributed by atoms with E-state index in [2.05, 4.69) is 19.2 Å². The van der Waals surface area contributed by atoms with Crippen molar-refractivity contribution in [1.82, 2.24) is 5.32 Å². The smallest absolute Gasteiger partial charge is 0.407 e. The van der Waals surface area contributed by atoms with Crippen molar-refractivity contribution in [3.63, 3.8) is 0 Å². The molecule has 0 spiro atoms. The maximum Gasteiger partial charge on any atom is 0.407 e. The van der Waals surface area contributed by atoms with Crippen LogP contribution < -0.4 is 5.32 Å². The largest absolute Gasteiger partial charge is 0.464 e. The molecule has 0 aliphatic rings. The van der Waals surface area contributed by atoms with Crippen molar-refractivity contribution >= 4 is 12.1 Å². The number of ether oxygens (including phenoxy) is 2. The minimum Gasteiger partial charge on any atom is -0.464 e. The zero-order valence-corrected chi connectivity index (χ0v) is 15.9. The quantitative estimate of drug-likeness (QED) is 0.336. The van der Waals surface area contributed by atoms with Gasteiger partial charge in [0.1, 0.15) is 6.04 Å². The highest BCUT2D eigenvalue weighted by atomic mass is 16.6. The van der Waals surface area contributed by atoms with Crippen molar-refractivity contribution in [1.29, 1.82) is 0 Å². The molecule has 5 heteroatoms. The average molecular weight is 344 g/mol. The van der Waals surface area contributed by atoms with Crippen molar-refractivity contribution in [2.45, 2.75) is 97.4 Å². The average Bonchev–Trinajstić information content (AvgIpc) is 2.57. The molecule has 0 saturated carbocycles. The van der Waals surface area contributed by atoms with E-state index in [0.29, 0.717) is 19.6 Å². The minimum atomic E-state index is -0.603. The topological polar surface area (TPSA) is 64.6 Å². The highest BCUT2D eigenvalue weighted by molar-refractivity contribution is 5.81. The first kappa shape index (κ1) is 22.7. The third kappa shape index (κ3) is 13.2. The van der Waals surface area contributed by atoms with Crippen LogP contribution in [-0.2, 0) is 14.3 Å². The van der Waals surface area contributed by atoms with E-state index in [1.807, 2.05) is 6.92 Å². The summed E-state index contributed by atoms with van der Waals surface area (Å²) in [7, 11) is 0. The lowest BCUT2D eigenvalue weighted by molar-refractivity contribution is -0.146. The minimum absolute atomic E-state index is 0.357. The molecule has 0 rings (SSSR count). The SMILES string of the molecule is CCCCCCCCOC(=O)N[C@@H](CCC)C(=O)OCCCCC. The number of unbranched alkanes of at least 4 members (excludes halogenated alkanes) is 7. The van der Waals surface area contributed by atoms with E-state index in [-0.39, 0.29) is 5.97 Å². The van der Waals surface area contributed by atoms with E-state index < -0.39 is 12.1 Å². The van der Waals surface area contributed by atoms with Gasteiger partial charge in [-0.1, -0.05) is 72.1 Å². The van der Waals surface area contributed by atoms with Crippen molar-refractivity contribution in [3.05, 3.63) is 0 Å². The van der Waals surface area contributed by atoms with Gasteiger partial charge >= 0.3 is 12.1 Å². The first-order valence-corrected chi connectivity index (χ1v) is 9.75. The van der Waals surface area contributed by atoms with E-state index in [4.69, 9.17) is 9.47 Å². The van der Waals surface area contributed by atoms with Crippen LogP contribution in [0.4, 0.5) is 4.79 Å². The lowest BCUT2D eigenvalue weighted by atomic mass is 10.1. The summed E-state index contributed by atoms with van der Waals surface area (Å²) >= 11 is 0. The van der Waals surface area contributed by atoms with Crippen LogP contribution in [0.5, 0.6) is 0 Å². The predicted molar refractivity (Wildman–Crippen MR) is 97.0 cm³/mol. The summed E-state index contributed by atoms with van der Waals surface area (Å²) in [6.45, 7) is 7.09. The molecule has 0 fully saturated rings. The molecule has 142 valence electrons. The van der Waals surface area contributed by atoms with Gasteiger partial charge in [-0.25, -0.2) is 9.59 Å². The summed E-state index contributed by atoms with van der Waals surface area (Å²) < 4.78 is 10.4. The van der Waals surface area contributed by atoms with Crippen LogP contribution in [0.15, 0.2) is 0 Å². The molecule has 0 unspecified atom stereocenters. The summed E-state index contributed by atoms with van der Waals surface area (Å²) in [4.78, 5) is 23.8. The molecular weight excluding hydrogens is 306 g/mol. The van der Waals surface area contributed by atoms with Crippen LogP contribution in [0.3, 0.4) is 0 Å². The molecule has 0 aromatic carbocycles. The molecule has 24 heavy (non-hydrogen) atoms. The van der Waals surface area contributed by atoms with Gasteiger partial charge in [0.15, 0.2) is 0 Å². The van der Waals surface area contributed by atoms with Crippen molar-refractivity contribution < 1.29 is 19.1 Å². The normalized spacial score (nSPS) is 11.8. The fourth-order valence-electron chi connectivity index (χ4n) is 2.39. The number of amides is 1. The number of alkyl carbamates (subject to hydrolysis) is 1. The molecule has 5 nitrogen and oxygen atoms in total. The lowest BCUT2D eigenvalue weighted by Crippen LogP contribution is -2.42. The number of hydrogen-bond donors (Lipinski definition) is 1. The molecule has 0 radical (unpaired) electrons. The fraction of sp³-hybridized carbons (Fsp3) is 0.895. The summed E-state index contributed by atoms with van der Waals surface area (Å²) in [6, 6.07) is -0.603. The lowest BCUT2D eigenvalue weighted by Gasteiger charge is -2.17. The summed E-state index contributed by atoms with van der Waals surface area (Å²) in [5.74, 6) is -0.357. The second-order valence-electron chi connectivity index (χ2n) is 6.26. The zero-order valence-electron chi connectivity index (χ0n) is 15.9. The van der Waals surface area contributed by atoms with Crippen LogP contribution in [0, 0.1) is 0 Å². The Morgan fingerprint density at radius 1 is 0.750 bits per heavy atom. The maximum absolute atomic E-state index is 12.0. The van der Waals surface area contributed by atoms with Gasteiger partial charge in [0.2, 0.25) is 0 Å². The molecule has 0 heterocycles. The summed E-state index contributed by atoms with van der Waals surface area (Å²) in [5, 5.41) is 2.63. The molecule has 1 amide bonds. The van der Waals surface area contributed by atoms with Gasteiger partial charge in [-0.05, 0) is 19.3 Å². The number of carbonyl (C=O) groups is 2. The Morgan fingerprint density at radius 2 is 1.29 bits per heavy atom. The molecule has 1 N–H and O–H groups in total. The standard InChI is InChI=1S/C19H37NO4/c1-4-7-9-10-11-13-16-24-19(22)20-17(14-6-3)18(21)23-15-12-8-5-2/h17H,4-16H2,1-3H3,(H,20,22)/t17-/m0/s1. The van der Waals surface area contributed by atoms with Gasteiger partial charge in [0.25, 0.3) is 0 Å². The van der Waals surface area contributed by atoms with E-state index in [1.54, 1.807) is 0 Å². The van der Waals surface area contributed by atoms with Crippen LogP contribution in [0.2, 0.25) is 0 Å². The molecule has 0 aliphatic carbocycles. The second-order valence-corrected chi connectivity index (χ2v) is 6.26. The van der Waals surface area contributed by atoms with E-state index in [9.17, 15) is 9.59 Å². The molecule has 0 aliphatic heterocycles. The number of carbonyl (C=O) groups excluding carboxylic acids is 2. The third-order valence-corrected chi connectivity index (χ3v) is 3.88. The van der Waals surface area contributed by atoms with E-state index in [1.165, 1.54) is 25.7 Å². The third-order valence-electron chi connectivity index (χ3n) is 3.88. The Morgan fingerprint density at radius 3 is 1.96 bits per heavy atom. The van der Waals surface area contributed by atoms with Gasteiger partial charge in [0, 0.05) is 0 Å². The number of nitrogens with one attached hydrogen (secondary N) is 1. The Bertz CT molecular complexity index is 320. The zero-order chi connectivity index (χ0) is 18.0. The fourth-order valence-corrected chi connectivity index (χ4v) is 2.39. The van der Waals surface area contributed by atoms with Gasteiger partial charge < -0.3 is 14.8 Å². The van der Waals surface area contributed by atoms with Gasteiger partial charge in [0.05, 0.1) is 13.2 Å². The van der Waals surface area contributed by atoms with Gasteiger partial charge in [-0.3, -0.25) is 0 Å². The van der Waals surface area contributed by atoms with Crippen molar-refractivity contribution in [2.75, 3.05) is 13.2 Å². The Kier molecular flexibility index (Phi) is 15.7. The summed E-state index contributed by atoms with van der Waals surface area (Å²) in [6.07, 6.45) is 10.7. The van der Waals surface area contributed by atoms with E-state index in [0.717, 1.165) is 38.5 Å². The van der Waals surface area contributed by atoms with Crippen LogP contribution in [0.1, 0.15) is 91.4 Å². The highest BCUT2D eigenvalue weighted by Gasteiger charge is 2.21. The van der Waals surface area contributed by atoms with Crippen LogP contribution in [0.25, 0.3) is 0 Å². The second kappa shape index (κ2) is 16.6. The molecular formula is C19H37NO4. The Balaban J connectivity index is 3.90.